The molecule has 2 rings (SSSR count). The summed E-state index contributed by atoms with van der Waals surface area (Å²) in [6, 6.07) is 13.5. The van der Waals surface area contributed by atoms with E-state index in [1.165, 1.54) is 0 Å². The third kappa shape index (κ3) is 3.26. The molecule has 0 aromatic heterocycles. The fourth-order valence-electron chi connectivity index (χ4n) is 2.54. The lowest BCUT2D eigenvalue weighted by Gasteiger charge is -2.10. The van der Waals surface area contributed by atoms with Crippen molar-refractivity contribution in [3.63, 3.8) is 0 Å². The summed E-state index contributed by atoms with van der Waals surface area (Å²) in [7, 11) is -2.32. The SMILES string of the molecule is Cc1cc(C)c(C(=O)[PH](=O)Cc2ccccc2)c(C)c1. The van der Waals surface area contributed by atoms with Gasteiger partial charge in [0.15, 0.2) is 0 Å². The molecule has 0 aliphatic heterocycles. The Morgan fingerprint density at radius 3 is 2.10 bits per heavy atom. The van der Waals surface area contributed by atoms with Gasteiger partial charge in [0.1, 0.15) is 7.80 Å². The molecule has 1 unspecified atom stereocenters. The first-order chi connectivity index (χ1) is 9.49. The van der Waals surface area contributed by atoms with Crippen molar-refractivity contribution in [2.24, 2.45) is 0 Å². The predicted octanol–water partition coefficient (Wildman–Crippen LogP) is 4.51. The van der Waals surface area contributed by atoms with E-state index in [1.54, 1.807) is 0 Å². The van der Waals surface area contributed by atoms with Crippen LogP contribution in [-0.2, 0) is 10.7 Å². The van der Waals surface area contributed by atoms with E-state index in [0.29, 0.717) is 11.7 Å². The summed E-state index contributed by atoms with van der Waals surface area (Å²) >= 11 is 0. The molecule has 0 spiro atoms. The number of hydrogen-bond acceptors (Lipinski definition) is 2. The summed E-state index contributed by atoms with van der Waals surface area (Å²) in [6.07, 6.45) is 0.344. The Morgan fingerprint density at radius 1 is 1.00 bits per heavy atom. The predicted molar refractivity (Wildman–Crippen MR) is 84.1 cm³/mol. The second-order valence-electron chi connectivity index (χ2n) is 5.19. The molecule has 20 heavy (non-hydrogen) atoms. The molecule has 0 saturated carbocycles. The van der Waals surface area contributed by atoms with Gasteiger partial charge >= 0.3 is 0 Å². The molecule has 0 radical (unpaired) electrons. The minimum absolute atomic E-state index is 0.200. The highest BCUT2D eigenvalue weighted by Crippen LogP contribution is 2.34. The Kier molecular flexibility index (Phi) is 4.57. The highest BCUT2D eigenvalue weighted by molar-refractivity contribution is 7.63. The van der Waals surface area contributed by atoms with E-state index in [1.807, 2.05) is 63.2 Å². The minimum atomic E-state index is -2.32. The number of carbonyl (C=O) groups excluding carboxylic acids is 1. The lowest BCUT2D eigenvalue weighted by atomic mass is 10.0. The maximum atomic E-state index is 12.4. The Balaban J connectivity index is 2.26. The number of benzene rings is 2. The average molecular weight is 286 g/mol. The monoisotopic (exact) mass is 286 g/mol. The van der Waals surface area contributed by atoms with E-state index in [4.69, 9.17) is 0 Å². The maximum absolute atomic E-state index is 12.4. The van der Waals surface area contributed by atoms with Crippen LogP contribution in [0.25, 0.3) is 0 Å². The van der Waals surface area contributed by atoms with E-state index in [9.17, 15) is 9.36 Å². The van der Waals surface area contributed by atoms with Gasteiger partial charge in [0.25, 0.3) is 0 Å². The summed E-state index contributed by atoms with van der Waals surface area (Å²) in [5.74, 6) is 0. The average Bonchev–Trinajstić information content (AvgIpc) is 2.38. The molecule has 0 aliphatic carbocycles. The van der Waals surface area contributed by atoms with Crippen LogP contribution in [0.4, 0.5) is 0 Å². The molecule has 1 atom stereocenters. The lowest BCUT2D eigenvalue weighted by molar-refractivity contribution is 0.107. The second kappa shape index (κ2) is 6.19. The molecule has 2 nitrogen and oxygen atoms in total. The summed E-state index contributed by atoms with van der Waals surface area (Å²) in [6.45, 7) is 5.82. The highest BCUT2D eigenvalue weighted by Gasteiger charge is 2.19. The topological polar surface area (TPSA) is 34.1 Å². The van der Waals surface area contributed by atoms with Gasteiger partial charge in [-0.15, -0.1) is 0 Å². The first-order valence-electron chi connectivity index (χ1n) is 6.68. The van der Waals surface area contributed by atoms with Crippen LogP contribution in [0.15, 0.2) is 42.5 Å². The molecule has 3 heteroatoms. The summed E-state index contributed by atoms with van der Waals surface area (Å²) in [5.41, 5.74) is 4.34. The number of carbonyl (C=O) groups is 1. The van der Waals surface area contributed by atoms with Gasteiger partial charge in [-0.3, -0.25) is 4.79 Å². The van der Waals surface area contributed by atoms with Crippen LogP contribution in [0.5, 0.6) is 0 Å². The molecule has 2 aromatic carbocycles. The van der Waals surface area contributed by atoms with Crippen LogP contribution in [0.3, 0.4) is 0 Å². The van der Waals surface area contributed by atoms with Crippen molar-refractivity contribution in [1.82, 2.24) is 0 Å². The van der Waals surface area contributed by atoms with E-state index in [2.05, 4.69) is 0 Å². The third-order valence-electron chi connectivity index (χ3n) is 3.36. The van der Waals surface area contributed by atoms with Gasteiger partial charge in [0, 0.05) is 11.7 Å². The van der Waals surface area contributed by atoms with Crippen molar-refractivity contribution in [2.75, 3.05) is 0 Å². The third-order valence-corrected chi connectivity index (χ3v) is 4.85. The van der Waals surface area contributed by atoms with Crippen LogP contribution in [-0.4, -0.2) is 5.52 Å². The van der Waals surface area contributed by atoms with Crippen LogP contribution >= 0.6 is 7.80 Å². The van der Waals surface area contributed by atoms with Gasteiger partial charge in [0.05, 0.1) is 0 Å². The molecule has 2 aromatic rings. The normalized spacial score (nSPS) is 12.2. The molecule has 0 amide bonds. The van der Waals surface area contributed by atoms with E-state index in [0.717, 1.165) is 22.3 Å². The van der Waals surface area contributed by atoms with Crippen molar-refractivity contribution < 1.29 is 9.36 Å². The molecule has 0 fully saturated rings. The fraction of sp³-hybridized carbons (Fsp3) is 0.235. The molecule has 104 valence electrons. The lowest BCUT2D eigenvalue weighted by Crippen LogP contribution is -2.02. The molecule has 0 bridgehead atoms. The van der Waals surface area contributed by atoms with Crippen molar-refractivity contribution in [1.29, 1.82) is 0 Å². The van der Waals surface area contributed by atoms with Gasteiger partial charge < -0.3 is 4.57 Å². The highest BCUT2D eigenvalue weighted by atomic mass is 31.1. The standard InChI is InChI=1S/C17H19O2P/c1-12-9-13(2)16(14(3)10-12)17(18)20(19)11-15-7-5-4-6-8-15/h4-10,20H,11H2,1-3H3. The second-order valence-corrected chi connectivity index (χ2v) is 6.84. The molecule has 0 N–H and O–H groups in total. The van der Waals surface area contributed by atoms with Crippen LogP contribution in [0.1, 0.15) is 32.6 Å². The van der Waals surface area contributed by atoms with Crippen molar-refractivity contribution in [3.8, 4) is 0 Å². The fourth-order valence-corrected chi connectivity index (χ4v) is 3.98. The van der Waals surface area contributed by atoms with Gasteiger partial charge in [0.2, 0.25) is 5.52 Å². The Hall–Kier alpha value is -1.66. The summed E-state index contributed by atoms with van der Waals surface area (Å²) in [5, 5.41) is 0. The number of rotatable bonds is 4. The number of hydrogen-bond donors (Lipinski definition) is 0. The van der Waals surface area contributed by atoms with Gasteiger partial charge in [-0.2, -0.15) is 0 Å². The minimum Gasteiger partial charge on any atom is -0.318 e. The molecular formula is C17H19O2P. The van der Waals surface area contributed by atoms with E-state index in [-0.39, 0.29) is 5.52 Å². The molecule has 0 heterocycles. The van der Waals surface area contributed by atoms with Gasteiger partial charge in [-0.1, -0.05) is 48.0 Å². The van der Waals surface area contributed by atoms with Gasteiger partial charge in [-0.25, -0.2) is 0 Å². The quantitative estimate of drug-likeness (QED) is 0.775. The van der Waals surface area contributed by atoms with Crippen molar-refractivity contribution >= 4 is 13.3 Å². The zero-order valence-corrected chi connectivity index (χ0v) is 13.1. The van der Waals surface area contributed by atoms with Crippen LogP contribution in [0.2, 0.25) is 0 Å². The van der Waals surface area contributed by atoms with Crippen molar-refractivity contribution in [2.45, 2.75) is 26.9 Å². The Labute approximate surface area is 120 Å². The van der Waals surface area contributed by atoms with Crippen LogP contribution < -0.4 is 0 Å². The summed E-state index contributed by atoms with van der Waals surface area (Å²) in [4.78, 5) is 12.4. The Bertz CT molecular complexity index is 637. The molecule has 0 saturated heterocycles. The smallest absolute Gasteiger partial charge is 0.219 e. The molecule has 0 aliphatic rings. The number of aryl methyl sites for hydroxylation is 3. The van der Waals surface area contributed by atoms with Crippen LogP contribution in [0, 0.1) is 20.8 Å². The van der Waals surface area contributed by atoms with Gasteiger partial charge in [-0.05, 0) is 37.5 Å². The summed E-state index contributed by atoms with van der Waals surface area (Å²) < 4.78 is 12.3. The first kappa shape index (κ1) is 14.7. The molecular weight excluding hydrogens is 267 g/mol. The zero-order valence-electron chi connectivity index (χ0n) is 12.1. The zero-order chi connectivity index (χ0) is 14.7. The van der Waals surface area contributed by atoms with Crippen molar-refractivity contribution in [3.05, 3.63) is 70.3 Å². The largest absolute Gasteiger partial charge is 0.318 e. The first-order valence-corrected chi connectivity index (χ1v) is 8.30. The van der Waals surface area contributed by atoms with E-state index >= 15 is 0 Å². The maximum Gasteiger partial charge on any atom is 0.219 e. The Morgan fingerprint density at radius 2 is 1.55 bits per heavy atom. The van der Waals surface area contributed by atoms with E-state index < -0.39 is 7.80 Å².